The molecule has 0 saturated carbocycles. The second-order valence-electron chi connectivity index (χ2n) is 6.10. The molecule has 1 aliphatic heterocycles. The summed E-state index contributed by atoms with van der Waals surface area (Å²) < 4.78 is 34.6. The molecule has 1 fully saturated rings. The Balaban J connectivity index is 1.52. The Bertz CT molecular complexity index is 763. The number of nitrogens with one attached hydrogen (secondary N) is 1. The van der Waals surface area contributed by atoms with Gasteiger partial charge in [0.05, 0.1) is 11.5 Å². The Labute approximate surface area is 142 Å². The van der Waals surface area contributed by atoms with Crippen LogP contribution in [0.4, 0.5) is 0 Å². The van der Waals surface area contributed by atoms with Gasteiger partial charge in [-0.2, -0.15) is 0 Å². The first-order valence-electron chi connectivity index (χ1n) is 8.21. The van der Waals surface area contributed by atoms with Crippen molar-refractivity contribution in [2.45, 2.75) is 37.1 Å². The molecule has 24 heavy (non-hydrogen) atoms. The molecule has 1 unspecified atom stereocenters. The molecule has 0 aliphatic carbocycles. The Morgan fingerprint density at radius 1 is 1.33 bits per heavy atom. The van der Waals surface area contributed by atoms with Crippen molar-refractivity contribution in [2.24, 2.45) is 0 Å². The number of nitrogens with zero attached hydrogens (tertiary/aromatic N) is 2. The standard InChI is InChI=1S/C17H23N3O3S/c1-14-3-5-16(6-4-14)24(21,22)19-8-2-10-20-11-9-18-17(20)15-7-12-23-13-15/h3-6,9,11,15,19H,2,7-8,10,12-13H2,1H3. The smallest absolute Gasteiger partial charge is 0.240 e. The summed E-state index contributed by atoms with van der Waals surface area (Å²) in [4.78, 5) is 4.73. The Morgan fingerprint density at radius 2 is 2.12 bits per heavy atom. The molecule has 3 rings (SSSR count). The van der Waals surface area contributed by atoms with Gasteiger partial charge >= 0.3 is 0 Å². The Hall–Kier alpha value is -1.70. The summed E-state index contributed by atoms with van der Waals surface area (Å²) >= 11 is 0. The lowest BCUT2D eigenvalue weighted by atomic mass is 10.1. The highest BCUT2D eigenvalue weighted by molar-refractivity contribution is 7.89. The van der Waals surface area contributed by atoms with Gasteiger partial charge in [-0.15, -0.1) is 0 Å². The minimum absolute atomic E-state index is 0.305. The van der Waals surface area contributed by atoms with Crippen molar-refractivity contribution in [3.05, 3.63) is 48.0 Å². The van der Waals surface area contributed by atoms with E-state index >= 15 is 0 Å². The van der Waals surface area contributed by atoms with Gasteiger partial charge in [0.2, 0.25) is 10.0 Å². The molecule has 130 valence electrons. The van der Waals surface area contributed by atoms with Crippen molar-refractivity contribution < 1.29 is 13.2 Å². The monoisotopic (exact) mass is 349 g/mol. The van der Waals surface area contributed by atoms with Gasteiger partial charge in [0, 0.05) is 38.0 Å². The van der Waals surface area contributed by atoms with E-state index in [2.05, 4.69) is 14.3 Å². The molecule has 7 heteroatoms. The van der Waals surface area contributed by atoms with E-state index in [1.807, 2.05) is 13.1 Å². The molecule has 1 aromatic heterocycles. The number of rotatable bonds is 7. The fraction of sp³-hybridized carbons (Fsp3) is 0.471. The normalized spacial score (nSPS) is 18.1. The summed E-state index contributed by atoms with van der Waals surface area (Å²) in [6.45, 7) is 4.57. The first-order chi connectivity index (χ1) is 11.6. The van der Waals surface area contributed by atoms with Gasteiger partial charge in [0.15, 0.2) is 0 Å². The minimum atomic E-state index is -3.44. The van der Waals surface area contributed by atoms with Crippen molar-refractivity contribution in [2.75, 3.05) is 19.8 Å². The third-order valence-electron chi connectivity index (χ3n) is 4.24. The summed E-state index contributed by atoms with van der Waals surface area (Å²) in [5.41, 5.74) is 1.04. The van der Waals surface area contributed by atoms with Crippen LogP contribution >= 0.6 is 0 Å². The molecule has 0 bridgehead atoms. The first kappa shape index (κ1) is 17.1. The lowest BCUT2D eigenvalue weighted by Gasteiger charge is -2.12. The van der Waals surface area contributed by atoms with E-state index in [0.29, 0.717) is 23.8 Å². The summed E-state index contributed by atoms with van der Waals surface area (Å²) in [6, 6.07) is 6.86. The van der Waals surface area contributed by atoms with E-state index in [1.165, 1.54) is 0 Å². The molecule has 2 aromatic rings. The van der Waals surface area contributed by atoms with E-state index < -0.39 is 10.0 Å². The van der Waals surface area contributed by atoms with Crippen LogP contribution in [0.25, 0.3) is 0 Å². The summed E-state index contributed by atoms with van der Waals surface area (Å²) in [5, 5.41) is 0. The maximum Gasteiger partial charge on any atom is 0.240 e. The molecular formula is C17H23N3O3S. The maximum atomic E-state index is 12.2. The molecule has 1 aliphatic rings. The zero-order valence-electron chi connectivity index (χ0n) is 13.8. The highest BCUT2D eigenvalue weighted by Crippen LogP contribution is 2.23. The Kier molecular flexibility index (Phi) is 5.33. The van der Waals surface area contributed by atoms with Crippen LogP contribution in [0.3, 0.4) is 0 Å². The van der Waals surface area contributed by atoms with Crippen LogP contribution in [0.5, 0.6) is 0 Å². The Morgan fingerprint density at radius 3 is 2.83 bits per heavy atom. The average molecular weight is 349 g/mol. The third kappa shape index (κ3) is 4.03. The zero-order valence-corrected chi connectivity index (χ0v) is 14.6. The van der Waals surface area contributed by atoms with Gasteiger partial charge in [-0.25, -0.2) is 18.1 Å². The first-order valence-corrected chi connectivity index (χ1v) is 9.70. The predicted molar refractivity (Wildman–Crippen MR) is 91.4 cm³/mol. The topological polar surface area (TPSA) is 73.2 Å². The second-order valence-corrected chi connectivity index (χ2v) is 7.87. The van der Waals surface area contributed by atoms with Gasteiger partial charge < -0.3 is 9.30 Å². The molecule has 6 nitrogen and oxygen atoms in total. The molecule has 1 aromatic carbocycles. The molecule has 1 N–H and O–H groups in total. The summed E-state index contributed by atoms with van der Waals surface area (Å²) in [7, 11) is -3.44. The van der Waals surface area contributed by atoms with Crippen LogP contribution in [0.2, 0.25) is 0 Å². The number of aryl methyl sites for hydroxylation is 2. The molecule has 0 spiro atoms. The van der Waals surface area contributed by atoms with Crippen molar-refractivity contribution >= 4 is 10.0 Å². The van der Waals surface area contributed by atoms with Crippen molar-refractivity contribution in [3.63, 3.8) is 0 Å². The van der Waals surface area contributed by atoms with Crippen molar-refractivity contribution in [1.82, 2.24) is 14.3 Å². The molecule has 2 heterocycles. The number of hydrogen-bond acceptors (Lipinski definition) is 4. The van der Waals surface area contributed by atoms with Crippen LogP contribution in [0, 0.1) is 6.92 Å². The van der Waals surface area contributed by atoms with E-state index in [9.17, 15) is 8.42 Å². The zero-order chi connectivity index (χ0) is 17.0. The van der Waals surface area contributed by atoms with E-state index in [-0.39, 0.29) is 0 Å². The van der Waals surface area contributed by atoms with E-state index in [4.69, 9.17) is 4.74 Å². The second kappa shape index (κ2) is 7.46. The molecular weight excluding hydrogens is 326 g/mol. The third-order valence-corrected chi connectivity index (χ3v) is 5.72. The largest absolute Gasteiger partial charge is 0.381 e. The maximum absolute atomic E-state index is 12.2. The highest BCUT2D eigenvalue weighted by atomic mass is 32.2. The van der Waals surface area contributed by atoms with E-state index in [1.54, 1.807) is 30.5 Å². The van der Waals surface area contributed by atoms with Crippen LogP contribution in [0.1, 0.15) is 30.1 Å². The van der Waals surface area contributed by atoms with Crippen LogP contribution in [0.15, 0.2) is 41.6 Å². The number of ether oxygens (including phenoxy) is 1. The van der Waals surface area contributed by atoms with Crippen LogP contribution in [-0.2, 0) is 21.3 Å². The van der Waals surface area contributed by atoms with Gasteiger partial charge in [0.25, 0.3) is 0 Å². The fourth-order valence-corrected chi connectivity index (χ4v) is 3.94. The summed E-state index contributed by atoms with van der Waals surface area (Å²) in [6.07, 6.45) is 5.45. The van der Waals surface area contributed by atoms with Crippen molar-refractivity contribution in [3.8, 4) is 0 Å². The quantitative estimate of drug-likeness (QED) is 0.777. The predicted octanol–water partition coefficient (Wildman–Crippen LogP) is 2.06. The van der Waals surface area contributed by atoms with Crippen LogP contribution in [-0.4, -0.2) is 37.7 Å². The van der Waals surface area contributed by atoms with Gasteiger partial charge in [-0.1, -0.05) is 17.7 Å². The minimum Gasteiger partial charge on any atom is -0.381 e. The number of hydrogen-bond donors (Lipinski definition) is 1. The van der Waals surface area contributed by atoms with Gasteiger partial charge in [-0.3, -0.25) is 0 Å². The molecule has 1 saturated heterocycles. The highest BCUT2D eigenvalue weighted by Gasteiger charge is 2.22. The SMILES string of the molecule is Cc1ccc(S(=O)(=O)NCCCn2ccnc2C2CCOC2)cc1. The van der Waals surface area contributed by atoms with Gasteiger partial charge in [-0.05, 0) is 31.9 Å². The number of aromatic nitrogens is 2. The lowest BCUT2D eigenvalue weighted by Crippen LogP contribution is -2.25. The van der Waals surface area contributed by atoms with Crippen molar-refractivity contribution in [1.29, 1.82) is 0 Å². The van der Waals surface area contributed by atoms with Gasteiger partial charge in [0.1, 0.15) is 5.82 Å². The fourth-order valence-electron chi connectivity index (χ4n) is 2.86. The number of benzene rings is 1. The van der Waals surface area contributed by atoms with Crippen LogP contribution < -0.4 is 4.72 Å². The molecule has 0 radical (unpaired) electrons. The van der Waals surface area contributed by atoms with E-state index in [0.717, 1.165) is 37.6 Å². The number of sulfonamides is 1. The summed E-state index contributed by atoms with van der Waals surface area (Å²) in [5.74, 6) is 1.39. The average Bonchev–Trinajstić information content (AvgIpc) is 3.23. The lowest BCUT2D eigenvalue weighted by molar-refractivity contribution is 0.192. The number of imidazole rings is 1. The molecule has 0 amide bonds. The molecule has 1 atom stereocenters.